The fourth-order valence-electron chi connectivity index (χ4n) is 1.39. The van der Waals surface area contributed by atoms with Crippen molar-refractivity contribution in [2.75, 3.05) is 6.54 Å². The van der Waals surface area contributed by atoms with Gasteiger partial charge in [0.1, 0.15) is 5.82 Å². The SMILES string of the molecule is CC(C)CC(CN)c1ncc[nH]1. The minimum absolute atomic E-state index is 0.389. The van der Waals surface area contributed by atoms with E-state index in [1.165, 1.54) is 0 Å². The first-order chi connectivity index (χ1) is 5.74. The fourth-order valence-corrected chi connectivity index (χ4v) is 1.39. The number of hydrogen-bond acceptors (Lipinski definition) is 2. The van der Waals surface area contributed by atoms with Gasteiger partial charge in [0.15, 0.2) is 0 Å². The molecule has 0 aromatic carbocycles. The third-order valence-corrected chi connectivity index (χ3v) is 1.95. The van der Waals surface area contributed by atoms with E-state index in [4.69, 9.17) is 5.73 Å². The summed E-state index contributed by atoms with van der Waals surface area (Å²) in [5.41, 5.74) is 5.65. The van der Waals surface area contributed by atoms with Gasteiger partial charge < -0.3 is 10.7 Å². The zero-order chi connectivity index (χ0) is 8.97. The lowest BCUT2D eigenvalue weighted by atomic mass is 9.97. The third kappa shape index (κ3) is 2.34. The van der Waals surface area contributed by atoms with E-state index in [9.17, 15) is 0 Å². The van der Waals surface area contributed by atoms with Crippen LogP contribution in [-0.2, 0) is 0 Å². The monoisotopic (exact) mass is 167 g/mol. The van der Waals surface area contributed by atoms with Crippen LogP contribution in [0.25, 0.3) is 0 Å². The Morgan fingerprint density at radius 3 is 2.75 bits per heavy atom. The number of H-pyrrole nitrogens is 1. The summed E-state index contributed by atoms with van der Waals surface area (Å²) in [6, 6.07) is 0. The van der Waals surface area contributed by atoms with E-state index < -0.39 is 0 Å². The lowest BCUT2D eigenvalue weighted by Gasteiger charge is -2.13. The van der Waals surface area contributed by atoms with E-state index >= 15 is 0 Å². The molecule has 3 nitrogen and oxygen atoms in total. The van der Waals surface area contributed by atoms with Crippen molar-refractivity contribution in [3.05, 3.63) is 18.2 Å². The molecule has 0 fully saturated rings. The molecular formula is C9H17N3. The van der Waals surface area contributed by atoms with Crippen LogP contribution >= 0.6 is 0 Å². The molecule has 68 valence electrons. The molecule has 0 aliphatic carbocycles. The van der Waals surface area contributed by atoms with Gasteiger partial charge in [0.2, 0.25) is 0 Å². The molecule has 0 radical (unpaired) electrons. The van der Waals surface area contributed by atoms with Gasteiger partial charge in [0.25, 0.3) is 0 Å². The van der Waals surface area contributed by atoms with Crippen LogP contribution in [0.5, 0.6) is 0 Å². The molecule has 0 aliphatic rings. The first kappa shape index (κ1) is 9.26. The Morgan fingerprint density at radius 2 is 2.33 bits per heavy atom. The molecule has 1 aromatic heterocycles. The number of aromatic nitrogens is 2. The molecule has 3 N–H and O–H groups in total. The van der Waals surface area contributed by atoms with Crippen LogP contribution < -0.4 is 5.73 Å². The van der Waals surface area contributed by atoms with Crippen molar-refractivity contribution >= 4 is 0 Å². The largest absolute Gasteiger partial charge is 0.348 e. The van der Waals surface area contributed by atoms with Crippen LogP contribution in [-0.4, -0.2) is 16.5 Å². The summed E-state index contributed by atoms with van der Waals surface area (Å²) >= 11 is 0. The van der Waals surface area contributed by atoms with Crippen LogP contribution in [0.4, 0.5) is 0 Å². The van der Waals surface area contributed by atoms with Gasteiger partial charge >= 0.3 is 0 Å². The predicted molar refractivity (Wildman–Crippen MR) is 49.8 cm³/mol. The van der Waals surface area contributed by atoms with Gasteiger partial charge in [-0.2, -0.15) is 0 Å². The highest BCUT2D eigenvalue weighted by Gasteiger charge is 2.13. The molecule has 3 heteroatoms. The third-order valence-electron chi connectivity index (χ3n) is 1.95. The molecule has 12 heavy (non-hydrogen) atoms. The highest BCUT2D eigenvalue weighted by molar-refractivity contribution is 4.97. The second-order valence-corrected chi connectivity index (χ2v) is 3.54. The fraction of sp³-hybridized carbons (Fsp3) is 0.667. The van der Waals surface area contributed by atoms with Crippen molar-refractivity contribution < 1.29 is 0 Å². The Labute approximate surface area is 73.4 Å². The minimum atomic E-state index is 0.389. The van der Waals surface area contributed by atoms with Gasteiger partial charge in [-0.1, -0.05) is 13.8 Å². The Balaban J connectivity index is 2.57. The molecular weight excluding hydrogens is 150 g/mol. The second-order valence-electron chi connectivity index (χ2n) is 3.54. The van der Waals surface area contributed by atoms with Crippen LogP contribution in [0.3, 0.4) is 0 Å². The summed E-state index contributed by atoms with van der Waals surface area (Å²) in [7, 11) is 0. The number of imidazole rings is 1. The topological polar surface area (TPSA) is 54.7 Å². The number of aromatic amines is 1. The summed E-state index contributed by atoms with van der Waals surface area (Å²) < 4.78 is 0. The zero-order valence-corrected chi connectivity index (χ0v) is 7.75. The summed E-state index contributed by atoms with van der Waals surface area (Å²) in [4.78, 5) is 7.31. The first-order valence-corrected chi connectivity index (χ1v) is 4.43. The molecule has 1 aromatic rings. The molecule has 0 spiro atoms. The van der Waals surface area contributed by atoms with E-state index in [0.29, 0.717) is 18.4 Å². The second kappa shape index (κ2) is 4.26. The summed E-state index contributed by atoms with van der Waals surface area (Å²) in [5.74, 6) is 2.08. The van der Waals surface area contributed by atoms with E-state index in [0.717, 1.165) is 12.2 Å². The number of hydrogen-bond donors (Lipinski definition) is 2. The lowest BCUT2D eigenvalue weighted by Crippen LogP contribution is -2.15. The molecule has 0 amide bonds. The number of rotatable bonds is 4. The lowest BCUT2D eigenvalue weighted by molar-refractivity contribution is 0.490. The maximum absolute atomic E-state index is 5.65. The van der Waals surface area contributed by atoms with Crippen molar-refractivity contribution in [3.8, 4) is 0 Å². The molecule has 1 heterocycles. The van der Waals surface area contributed by atoms with E-state index in [2.05, 4.69) is 23.8 Å². The van der Waals surface area contributed by atoms with Crippen molar-refractivity contribution in [1.82, 2.24) is 9.97 Å². The highest BCUT2D eigenvalue weighted by atomic mass is 14.9. The van der Waals surface area contributed by atoms with Gasteiger partial charge in [-0.25, -0.2) is 4.98 Å². The van der Waals surface area contributed by atoms with Gasteiger partial charge in [0.05, 0.1) is 0 Å². The Kier molecular flexibility index (Phi) is 3.29. The van der Waals surface area contributed by atoms with E-state index in [1.54, 1.807) is 6.20 Å². The molecule has 1 unspecified atom stereocenters. The molecule has 1 atom stereocenters. The van der Waals surface area contributed by atoms with Crippen molar-refractivity contribution in [1.29, 1.82) is 0 Å². The summed E-state index contributed by atoms with van der Waals surface area (Å²) in [5, 5.41) is 0. The van der Waals surface area contributed by atoms with Gasteiger partial charge in [-0.15, -0.1) is 0 Å². The molecule has 0 bridgehead atoms. The minimum Gasteiger partial charge on any atom is -0.348 e. The van der Waals surface area contributed by atoms with Crippen molar-refractivity contribution in [2.24, 2.45) is 11.7 Å². The average molecular weight is 167 g/mol. The number of nitrogens with one attached hydrogen (secondary N) is 1. The van der Waals surface area contributed by atoms with Crippen molar-refractivity contribution in [2.45, 2.75) is 26.2 Å². The molecule has 1 rings (SSSR count). The first-order valence-electron chi connectivity index (χ1n) is 4.43. The van der Waals surface area contributed by atoms with E-state index in [-0.39, 0.29) is 0 Å². The van der Waals surface area contributed by atoms with Crippen LogP contribution in [0.2, 0.25) is 0 Å². The van der Waals surface area contributed by atoms with Crippen molar-refractivity contribution in [3.63, 3.8) is 0 Å². The standard InChI is InChI=1S/C9H17N3/c1-7(2)5-8(6-10)9-11-3-4-12-9/h3-4,7-8H,5-6,10H2,1-2H3,(H,11,12). The highest BCUT2D eigenvalue weighted by Crippen LogP contribution is 2.18. The van der Waals surface area contributed by atoms with Gasteiger partial charge in [-0.05, 0) is 12.3 Å². The molecule has 0 saturated heterocycles. The van der Waals surface area contributed by atoms with Crippen LogP contribution in [0.1, 0.15) is 32.0 Å². The normalized spacial score (nSPS) is 13.7. The van der Waals surface area contributed by atoms with Crippen LogP contribution in [0.15, 0.2) is 12.4 Å². The predicted octanol–water partition coefficient (Wildman–Crippen LogP) is 1.50. The number of nitrogens with two attached hydrogens (primary N) is 1. The maximum atomic E-state index is 5.65. The Morgan fingerprint density at radius 1 is 1.58 bits per heavy atom. The Bertz CT molecular complexity index is 204. The zero-order valence-electron chi connectivity index (χ0n) is 7.75. The quantitative estimate of drug-likeness (QED) is 0.714. The van der Waals surface area contributed by atoms with Crippen LogP contribution in [0, 0.1) is 5.92 Å². The Hall–Kier alpha value is -0.830. The summed E-state index contributed by atoms with van der Waals surface area (Å²) in [6.07, 6.45) is 4.72. The van der Waals surface area contributed by atoms with Gasteiger partial charge in [0, 0.05) is 24.9 Å². The summed E-state index contributed by atoms with van der Waals surface area (Å²) in [6.45, 7) is 5.07. The number of nitrogens with zero attached hydrogens (tertiary/aromatic N) is 1. The smallest absolute Gasteiger partial charge is 0.110 e. The average Bonchev–Trinajstić information content (AvgIpc) is 2.51. The maximum Gasteiger partial charge on any atom is 0.110 e. The molecule has 0 aliphatic heterocycles. The van der Waals surface area contributed by atoms with E-state index in [1.807, 2.05) is 6.20 Å². The molecule has 0 saturated carbocycles. The van der Waals surface area contributed by atoms with Gasteiger partial charge in [-0.3, -0.25) is 0 Å².